The lowest BCUT2D eigenvalue weighted by Gasteiger charge is -2.10. The van der Waals surface area contributed by atoms with Crippen molar-refractivity contribution in [3.63, 3.8) is 0 Å². The molecule has 8 nitrogen and oxygen atoms in total. The summed E-state index contributed by atoms with van der Waals surface area (Å²) in [6.07, 6.45) is 0. The van der Waals surface area contributed by atoms with E-state index in [2.05, 4.69) is 4.72 Å². The zero-order valence-electron chi connectivity index (χ0n) is 14.1. The maximum Gasteiger partial charge on any atom is 0.264 e. The molecule has 2 aromatic rings. The van der Waals surface area contributed by atoms with Crippen LogP contribution >= 0.6 is 0 Å². The summed E-state index contributed by atoms with van der Waals surface area (Å²) in [4.78, 5) is 10.8. The zero-order valence-corrected chi connectivity index (χ0v) is 15.7. The zero-order chi connectivity index (χ0) is 19.4. The van der Waals surface area contributed by atoms with Gasteiger partial charge in [0.25, 0.3) is 20.0 Å². The first-order valence-corrected chi connectivity index (χ1v) is 10.5. The molecule has 0 aromatic heterocycles. The molecule has 140 valence electrons. The number of carbonyl (C=O) groups excluding carboxylic acids is 1. The molecule has 2 aromatic carbocycles. The van der Waals surface area contributed by atoms with Crippen LogP contribution < -0.4 is 14.2 Å². The van der Waals surface area contributed by atoms with Gasteiger partial charge in [0, 0.05) is 12.6 Å². The first-order chi connectivity index (χ1) is 12.1. The second-order valence-electron chi connectivity index (χ2n) is 5.20. The van der Waals surface area contributed by atoms with Gasteiger partial charge in [-0.15, -0.1) is 0 Å². The van der Waals surface area contributed by atoms with Crippen LogP contribution in [-0.4, -0.2) is 29.3 Å². The Hall–Kier alpha value is -2.59. The molecule has 10 heteroatoms. The lowest BCUT2D eigenvalue weighted by Crippen LogP contribution is -2.28. The quantitative estimate of drug-likeness (QED) is 0.733. The van der Waals surface area contributed by atoms with Gasteiger partial charge in [0.05, 0.1) is 16.4 Å². The Morgan fingerprint density at radius 3 is 1.88 bits per heavy atom. The minimum Gasteiger partial charge on any atom is -0.494 e. The summed E-state index contributed by atoms with van der Waals surface area (Å²) in [6.45, 7) is 3.37. The van der Waals surface area contributed by atoms with E-state index >= 15 is 0 Å². The molecule has 0 heterocycles. The predicted molar refractivity (Wildman–Crippen MR) is 95.9 cm³/mol. The van der Waals surface area contributed by atoms with Crippen LogP contribution in [0.25, 0.3) is 0 Å². The van der Waals surface area contributed by atoms with E-state index in [-0.39, 0.29) is 15.5 Å². The fourth-order valence-corrected chi connectivity index (χ4v) is 4.10. The van der Waals surface area contributed by atoms with E-state index in [9.17, 15) is 21.6 Å². The van der Waals surface area contributed by atoms with Gasteiger partial charge >= 0.3 is 0 Å². The monoisotopic (exact) mass is 398 g/mol. The minimum absolute atomic E-state index is 0.0379. The normalized spacial score (nSPS) is 11.6. The van der Waals surface area contributed by atoms with Crippen LogP contribution in [0.4, 0.5) is 5.69 Å². The number of anilines is 1. The molecule has 0 aliphatic heterocycles. The molecule has 0 aliphatic rings. The molecule has 0 aliphatic carbocycles. The van der Waals surface area contributed by atoms with E-state index in [0.717, 1.165) is 6.92 Å². The van der Waals surface area contributed by atoms with Gasteiger partial charge in [0.15, 0.2) is 0 Å². The summed E-state index contributed by atoms with van der Waals surface area (Å²) < 4.78 is 57.9. The fraction of sp³-hybridized carbons (Fsp3) is 0.188. The molecule has 0 fully saturated rings. The lowest BCUT2D eigenvalue weighted by atomic mass is 10.3. The Balaban J connectivity index is 2.18. The van der Waals surface area contributed by atoms with E-state index in [1.807, 2.05) is 11.6 Å². The number of hydrogen-bond acceptors (Lipinski definition) is 6. The maximum absolute atomic E-state index is 12.4. The molecular weight excluding hydrogens is 380 g/mol. The molecule has 0 bridgehead atoms. The van der Waals surface area contributed by atoms with Crippen molar-refractivity contribution in [3.8, 4) is 5.75 Å². The van der Waals surface area contributed by atoms with Gasteiger partial charge in [-0.25, -0.2) is 21.6 Å². The molecule has 1 amide bonds. The molecule has 0 spiro atoms. The standard InChI is InChI=1S/C16H18N2O6S2/c1-3-24-14-6-10-16(11-7-14)26(22,23)18-13-4-8-15(9-5-13)25(20,21)17-12(2)19/h4-11,18H,3H2,1-2H3,(H,17,19). The summed E-state index contributed by atoms with van der Waals surface area (Å²) in [5, 5.41) is 0. The van der Waals surface area contributed by atoms with Crippen molar-refractivity contribution < 1.29 is 26.4 Å². The van der Waals surface area contributed by atoms with Crippen LogP contribution in [0.2, 0.25) is 0 Å². The van der Waals surface area contributed by atoms with Crippen LogP contribution in [0.5, 0.6) is 5.75 Å². The molecule has 2 rings (SSSR count). The first-order valence-electron chi connectivity index (χ1n) is 7.53. The third kappa shape index (κ3) is 4.96. The largest absolute Gasteiger partial charge is 0.494 e. The second kappa shape index (κ2) is 7.75. The summed E-state index contributed by atoms with van der Waals surface area (Å²) in [5.74, 6) is -0.163. The van der Waals surface area contributed by atoms with E-state index in [0.29, 0.717) is 12.4 Å². The minimum atomic E-state index is -3.97. The van der Waals surface area contributed by atoms with Crippen LogP contribution in [-0.2, 0) is 24.8 Å². The van der Waals surface area contributed by atoms with E-state index in [4.69, 9.17) is 4.74 Å². The molecule has 26 heavy (non-hydrogen) atoms. The molecule has 0 atom stereocenters. The highest BCUT2D eigenvalue weighted by Crippen LogP contribution is 2.20. The van der Waals surface area contributed by atoms with Gasteiger partial charge in [-0.3, -0.25) is 9.52 Å². The number of rotatable bonds is 7. The Kier molecular flexibility index (Phi) is 5.88. The SMILES string of the molecule is CCOc1ccc(S(=O)(=O)Nc2ccc(S(=O)(=O)NC(C)=O)cc2)cc1. The highest BCUT2D eigenvalue weighted by Gasteiger charge is 2.17. The summed E-state index contributed by atoms with van der Waals surface area (Å²) in [6, 6.07) is 10.9. The van der Waals surface area contributed by atoms with E-state index in [1.54, 1.807) is 12.1 Å². The van der Waals surface area contributed by atoms with Crippen LogP contribution in [0.3, 0.4) is 0 Å². The average molecular weight is 398 g/mol. The number of sulfonamides is 2. The Morgan fingerprint density at radius 1 is 0.885 bits per heavy atom. The molecule has 2 N–H and O–H groups in total. The van der Waals surface area contributed by atoms with Gasteiger partial charge < -0.3 is 4.74 Å². The average Bonchev–Trinajstić information content (AvgIpc) is 2.54. The van der Waals surface area contributed by atoms with Crippen LogP contribution in [0, 0.1) is 0 Å². The first kappa shape index (κ1) is 19.7. The van der Waals surface area contributed by atoms with Crippen molar-refractivity contribution in [1.82, 2.24) is 4.72 Å². The number of carbonyl (C=O) groups is 1. The van der Waals surface area contributed by atoms with Crippen LogP contribution in [0.1, 0.15) is 13.8 Å². The molecular formula is C16H18N2O6S2. The highest BCUT2D eigenvalue weighted by atomic mass is 32.2. The Bertz CT molecular complexity index is 982. The highest BCUT2D eigenvalue weighted by molar-refractivity contribution is 7.92. The van der Waals surface area contributed by atoms with Gasteiger partial charge in [0.1, 0.15) is 5.75 Å². The third-order valence-electron chi connectivity index (χ3n) is 3.14. The van der Waals surface area contributed by atoms with Gasteiger partial charge in [-0.1, -0.05) is 0 Å². The van der Waals surface area contributed by atoms with Gasteiger partial charge in [-0.05, 0) is 55.5 Å². The summed E-state index contributed by atoms with van der Waals surface area (Å²) in [5.41, 5.74) is 0.181. The van der Waals surface area contributed by atoms with Crippen molar-refractivity contribution >= 4 is 31.6 Å². The molecule has 0 radical (unpaired) electrons. The third-order valence-corrected chi connectivity index (χ3v) is 5.99. The van der Waals surface area contributed by atoms with E-state index in [1.165, 1.54) is 36.4 Å². The van der Waals surface area contributed by atoms with E-state index < -0.39 is 26.0 Å². The maximum atomic E-state index is 12.4. The van der Waals surface area contributed by atoms with Crippen molar-refractivity contribution in [2.45, 2.75) is 23.6 Å². The Morgan fingerprint density at radius 2 is 1.38 bits per heavy atom. The topological polar surface area (TPSA) is 119 Å². The molecule has 0 saturated carbocycles. The van der Waals surface area contributed by atoms with Gasteiger partial charge in [0.2, 0.25) is 5.91 Å². The Labute approximate surface area is 152 Å². The molecule has 0 saturated heterocycles. The van der Waals surface area contributed by atoms with Crippen molar-refractivity contribution in [2.75, 3.05) is 11.3 Å². The van der Waals surface area contributed by atoms with Crippen molar-refractivity contribution in [1.29, 1.82) is 0 Å². The number of ether oxygens (including phenoxy) is 1. The summed E-state index contributed by atoms with van der Waals surface area (Å²) in [7, 11) is -7.81. The predicted octanol–water partition coefficient (Wildman–Crippen LogP) is 1.71. The van der Waals surface area contributed by atoms with Crippen molar-refractivity contribution in [3.05, 3.63) is 48.5 Å². The smallest absolute Gasteiger partial charge is 0.264 e. The van der Waals surface area contributed by atoms with Crippen LogP contribution in [0.15, 0.2) is 58.3 Å². The lowest BCUT2D eigenvalue weighted by molar-refractivity contribution is -0.117. The molecule has 0 unspecified atom stereocenters. The summed E-state index contributed by atoms with van der Waals surface area (Å²) >= 11 is 0. The number of nitrogens with one attached hydrogen (secondary N) is 2. The number of benzene rings is 2. The number of amides is 1. The fourth-order valence-electron chi connectivity index (χ4n) is 2.05. The van der Waals surface area contributed by atoms with Crippen molar-refractivity contribution in [2.24, 2.45) is 0 Å². The number of hydrogen-bond donors (Lipinski definition) is 2. The second-order valence-corrected chi connectivity index (χ2v) is 8.56. The van der Waals surface area contributed by atoms with Gasteiger partial charge in [-0.2, -0.15) is 0 Å².